The quantitative estimate of drug-likeness (QED) is 0.799. The molecule has 0 aliphatic rings. The van der Waals surface area contributed by atoms with Gasteiger partial charge in [0.05, 0.1) is 12.6 Å². The van der Waals surface area contributed by atoms with Gasteiger partial charge in [0.15, 0.2) is 0 Å². The summed E-state index contributed by atoms with van der Waals surface area (Å²) in [7, 11) is 0. The van der Waals surface area contributed by atoms with Crippen LogP contribution in [0.5, 0.6) is 5.75 Å². The number of rotatable bonds is 7. The minimum Gasteiger partial charge on any atom is -0.494 e. The first-order chi connectivity index (χ1) is 11.6. The van der Waals surface area contributed by atoms with E-state index in [1.54, 1.807) is 0 Å². The molecule has 2 N–H and O–H groups in total. The molecule has 0 spiro atoms. The van der Waals surface area contributed by atoms with Crippen LogP contribution in [-0.4, -0.2) is 19.2 Å². The van der Waals surface area contributed by atoms with Crippen molar-refractivity contribution in [1.29, 1.82) is 0 Å². The molecule has 0 heterocycles. The van der Waals surface area contributed by atoms with Crippen molar-refractivity contribution in [2.75, 3.05) is 13.2 Å². The molecule has 0 saturated carbocycles. The number of nitrogens with one attached hydrogen (secondary N) is 2. The van der Waals surface area contributed by atoms with Gasteiger partial charge in [0.2, 0.25) is 0 Å². The second-order valence-corrected chi connectivity index (χ2v) is 5.89. The van der Waals surface area contributed by atoms with Crippen molar-refractivity contribution in [3.05, 3.63) is 65.7 Å². The number of carbonyl (C=O) groups excluding carboxylic acids is 1. The molecule has 0 bridgehead atoms. The molecule has 4 nitrogen and oxygen atoms in total. The lowest BCUT2D eigenvalue weighted by Crippen LogP contribution is -2.38. The third-order valence-electron chi connectivity index (χ3n) is 3.98. The normalized spacial score (nSPS) is 13.0. The Balaban J connectivity index is 1.81. The molecule has 2 aromatic carbocycles. The van der Waals surface area contributed by atoms with Gasteiger partial charge in [-0.3, -0.25) is 0 Å². The first kappa shape index (κ1) is 17.9. The van der Waals surface area contributed by atoms with Crippen molar-refractivity contribution >= 4 is 6.03 Å². The van der Waals surface area contributed by atoms with Crippen molar-refractivity contribution < 1.29 is 9.53 Å². The monoisotopic (exact) mass is 326 g/mol. The van der Waals surface area contributed by atoms with E-state index < -0.39 is 0 Å². The molecular formula is C20H26N2O2. The second-order valence-electron chi connectivity index (χ2n) is 5.89. The zero-order valence-electron chi connectivity index (χ0n) is 14.6. The molecule has 2 rings (SSSR count). The summed E-state index contributed by atoms with van der Waals surface area (Å²) in [5.74, 6) is 1.12. The van der Waals surface area contributed by atoms with Crippen molar-refractivity contribution in [3.8, 4) is 5.75 Å². The van der Waals surface area contributed by atoms with Crippen LogP contribution >= 0.6 is 0 Å². The number of carbonyl (C=O) groups is 1. The molecule has 2 atom stereocenters. The van der Waals surface area contributed by atoms with E-state index in [4.69, 9.17) is 4.74 Å². The van der Waals surface area contributed by atoms with E-state index in [1.807, 2.05) is 56.3 Å². The highest BCUT2D eigenvalue weighted by Gasteiger charge is 2.11. The molecule has 4 heteroatoms. The van der Waals surface area contributed by atoms with Crippen LogP contribution in [0.3, 0.4) is 0 Å². The van der Waals surface area contributed by atoms with Crippen LogP contribution in [-0.2, 0) is 0 Å². The van der Waals surface area contributed by atoms with Gasteiger partial charge < -0.3 is 15.4 Å². The van der Waals surface area contributed by atoms with Crippen molar-refractivity contribution in [2.24, 2.45) is 0 Å². The lowest BCUT2D eigenvalue weighted by atomic mass is 10.0. The SMILES string of the molecule is CCOc1ccc(C(C)NC(=O)NCC(C)c2ccccc2)cc1. The number of hydrogen-bond acceptors (Lipinski definition) is 2. The molecule has 0 aliphatic carbocycles. The molecular weight excluding hydrogens is 300 g/mol. The molecule has 2 amide bonds. The summed E-state index contributed by atoms with van der Waals surface area (Å²) in [6.07, 6.45) is 0. The Morgan fingerprint density at radius 3 is 2.29 bits per heavy atom. The summed E-state index contributed by atoms with van der Waals surface area (Å²) in [5.41, 5.74) is 2.27. The summed E-state index contributed by atoms with van der Waals surface area (Å²) < 4.78 is 5.43. The molecule has 2 aromatic rings. The summed E-state index contributed by atoms with van der Waals surface area (Å²) >= 11 is 0. The highest BCUT2D eigenvalue weighted by atomic mass is 16.5. The van der Waals surface area contributed by atoms with E-state index in [0.29, 0.717) is 13.2 Å². The Labute approximate surface area is 144 Å². The first-order valence-electron chi connectivity index (χ1n) is 8.42. The van der Waals surface area contributed by atoms with E-state index >= 15 is 0 Å². The van der Waals surface area contributed by atoms with Gasteiger partial charge in [0.25, 0.3) is 0 Å². The van der Waals surface area contributed by atoms with Crippen LogP contribution in [0.1, 0.15) is 43.9 Å². The first-order valence-corrected chi connectivity index (χ1v) is 8.42. The number of hydrogen-bond donors (Lipinski definition) is 2. The van der Waals surface area contributed by atoms with E-state index in [9.17, 15) is 4.79 Å². The maximum Gasteiger partial charge on any atom is 0.315 e. The molecule has 0 radical (unpaired) electrons. The maximum absolute atomic E-state index is 12.1. The largest absolute Gasteiger partial charge is 0.494 e. The second kappa shape index (κ2) is 8.96. The van der Waals surface area contributed by atoms with Gasteiger partial charge in [-0.1, -0.05) is 49.4 Å². The van der Waals surface area contributed by atoms with Crippen LogP contribution in [0, 0.1) is 0 Å². The number of urea groups is 1. The number of ether oxygens (including phenoxy) is 1. The van der Waals surface area contributed by atoms with Gasteiger partial charge in [-0.25, -0.2) is 4.79 Å². The van der Waals surface area contributed by atoms with Gasteiger partial charge in [-0.05, 0) is 43.0 Å². The third kappa shape index (κ3) is 5.30. The maximum atomic E-state index is 12.1. The topological polar surface area (TPSA) is 50.4 Å². The standard InChI is InChI=1S/C20H26N2O2/c1-4-24-19-12-10-18(11-13-19)16(3)22-20(23)21-14-15(2)17-8-6-5-7-9-17/h5-13,15-16H,4,14H2,1-3H3,(H2,21,22,23). The number of amides is 2. The molecule has 0 saturated heterocycles. The zero-order chi connectivity index (χ0) is 17.4. The van der Waals surface area contributed by atoms with Crippen LogP contribution in [0.25, 0.3) is 0 Å². The fourth-order valence-corrected chi connectivity index (χ4v) is 2.50. The van der Waals surface area contributed by atoms with Crippen LogP contribution in [0.2, 0.25) is 0 Å². The lowest BCUT2D eigenvalue weighted by molar-refractivity contribution is 0.237. The predicted octanol–water partition coefficient (Wildman–Crippen LogP) is 4.25. The van der Waals surface area contributed by atoms with Crippen LogP contribution in [0.4, 0.5) is 4.79 Å². The van der Waals surface area contributed by atoms with Gasteiger partial charge in [-0.15, -0.1) is 0 Å². The fraction of sp³-hybridized carbons (Fsp3) is 0.350. The predicted molar refractivity (Wildman–Crippen MR) is 97.4 cm³/mol. The van der Waals surface area contributed by atoms with Gasteiger partial charge in [-0.2, -0.15) is 0 Å². The molecule has 24 heavy (non-hydrogen) atoms. The smallest absolute Gasteiger partial charge is 0.315 e. The fourth-order valence-electron chi connectivity index (χ4n) is 2.50. The Bertz CT molecular complexity index is 626. The minimum atomic E-state index is -0.154. The molecule has 2 unspecified atom stereocenters. The summed E-state index contributed by atoms with van der Waals surface area (Å²) in [4.78, 5) is 12.1. The lowest BCUT2D eigenvalue weighted by Gasteiger charge is -2.17. The molecule has 0 aliphatic heterocycles. The Kier molecular flexibility index (Phi) is 6.67. The van der Waals surface area contributed by atoms with E-state index in [0.717, 1.165) is 11.3 Å². The third-order valence-corrected chi connectivity index (χ3v) is 3.98. The Morgan fingerprint density at radius 1 is 1.00 bits per heavy atom. The average molecular weight is 326 g/mol. The highest BCUT2D eigenvalue weighted by Crippen LogP contribution is 2.17. The molecule has 128 valence electrons. The van der Waals surface area contributed by atoms with Crippen LogP contribution < -0.4 is 15.4 Å². The van der Waals surface area contributed by atoms with Gasteiger partial charge in [0, 0.05) is 6.54 Å². The number of benzene rings is 2. The van der Waals surface area contributed by atoms with Crippen molar-refractivity contribution in [3.63, 3.8) is 0 Å². The zero-order valence-corrected chi connectivity index (χ0v) is 14.6. The Morgan fingerprint density at radius 2 is 1.67 bits per heavy atom. The summed E-state index contributed by atoms with van der Waals surface area (Å²) in [6.45, 7) is 7.28. The van der Waals surface area contributed by atoms with Crippen molar-refractivity contribution in [1.82, 2.24) is 10.6 Å². The Hall–Kier alpha value is -2.49. The molecule has 0 aromatic heterocycles. The average Bonchev–Trinajstić information content (AvgIpc) is 2.61. The van der Waals surface area contributed by atoms with E-state index in [1.165, 1.54) is 5.56 Å². The van der Waals surface area contributed by atoms with E-state index in [2.05, 4.69) is 29.7 Å². The van der Waals surface area contributed by atoms with Gasteiger partial charge >= 0.3 is 6.03 Å². The minimum absolute atomic E-state index is 0.0623. The van der Waals surface area contributed by atoms with Gasteiger partial charge in [0.1, 0.15) is 5.75 Å². The summed E-state index contributed by atoms with van der Waals surface area (Å²) in [5, 5.41) is 5.90. The highest BCUT2D eigenvalue weighted by molar-refractivity contribution is 5.74. The summed E-state index contributed by atoms with van der Waals surface area (Å²) in [6, 6.07) is 17.8. The van der Waals surface area contributed by atoms with E-state index in [-0.39, 0.29) is 18.0 Å². The molecule has 0 fully saturated rings. The van der Waals surface area contributed by atoms with Crippen LogP contribution in [0.15, 0.2) is 54.6 Å². The van der Waals surface area contributed by atoms with Crippen molar-refractivity contribution in [2.45, 2.75) is 32.7 Å².